The van der Waals surface area contributed by atoms with Crippen LogP contribution in [0.2, 0.25) is 0 Å². The molecule has 0 saturated carbocycles. The van der Waals surface area contributed by atoms with Gasteiger partial charge in [0, 0.05) is 5.56 Å². The first-order valence-corrected chi connectivity index (χ1v) is 11.4. The fourth-order valence-corrected chi connectivity index (χ4v) is 3.86. The number of hydrogen-bond acceptors (Lipinski definition) is 2. The van der Waals surface area contributed by atoms with Gasteiger partial charge in [-0.1, -0.05) is 38.2 Å². The molecule has 0 spiro atoms. The molecule has 3 aromatic carbocycles. The van der Waals surface area contributed by atoms with E-state index in [1.807, 2.05) is 13.8 Å². The lowest BCUT2D eigenvalue weighted by Crippen LogP contribution is -1.96. The van der Waals surface area contributed by atoms with Gasteiger partial charge in [-0.15, -0.1) is 0 Å². The third-order valence-electron chi connectivity index (χ3n) is 5.21. The van der Waals surface area contributed by atoms with Crippen molar-refractivity contribution in [1.82, 2.24) is 0 Å². The first kappa shape index (κ1) is 24.4. The number of hydrogen-bond donors (Lipinski definition) is 0. The van der Waals surface area contributed by atoms with E-state index in [1.54, 1.807) is 23.6 Å². The van der Waals surface area contributed by atoms with E-state index in [4.69, 9.17) is 5.26 Å². The topological polar surface area (TPSA) is 23.8 Å². The maximum atomic E-state index is 14.4. The molecule has 0 fully saturated rings. The van der Waals surface area contributed by atoms with Crippen molar-refractivity contribution in [2.75, 3.05) is 0 Å². The molecule has 0 N–H and O–H groups in total. The van der Waals surface area contributed by atoms with Crippen LogP contribution in [0.1, 0.15) is 48.9 Å². The molecule has 0 saturated heterocycles. The number of thioether (sulfide) groups is 1. The summed E-state index contributed by atoms with van der Waals surface area (Å²) in [6.07, 6.45) is 2.95. The summed E-state index contributed by atoms with van der Waals surface area (Å²) in [5, 5.41) is 10.4. The molecule has 0 aliphatic rings. The summed E-state index contributed by atoms with van der Waals surface area (Å²) in [6, 6.07) is 10.1. The number of benzene rings is 3. The molecule has 0 amide bonds. The van der Waals surface area contributed by atoms with Crippen LogP contribution in [0.15, 0.2) is 47.4 Å². The van der Waals surface area contributed by atoms with Gasteiger partial charge in [0.25, 0.3) is 0 Å². The van der Waals surface area contributed by atoms with E-state index < -0.39 is 23.3 Å². The molecular weight excluding hydrogens is 446 g/mol. The smallest absolute Gasteiger partial charge is 0.142 e. The van der Waals surface area contributed by atoms with E-state index in [9.17, 15) is 17.6 Å². The lowest BCUT2D eigenvalue weighted by Gasteiger charge is -2.09. The van der Waals surface area contributed by atoms with Gasteiger partial charge in [-0.3, -0.25) is 0 Å². The van der Waals surface area contributed by atoms with Gasteiger partial charge >= 0.3 is 0 Å². The van der Waals surface area contributed by atoms with Crippen LogP contribution in [0.4, 0.5) is 17.6 Å². The Kier molecular flexibility index (Phi) is 8.20. The van der Waals surface area contributed by atoms with Crippen molar-refractivity contribution in [3.8, 4) is 28.4 Å². The zero-order valence-corrected chi connectivity index (χ0v) is 19.1. The van der Waals surface area contributed by atoms with Crippen molar-refractivity contribution in [2.45, 2.75) is 44.4 Å². The second kappa shape index (κ2) is 11.1. The third kappa shape index (κ3) is 5.78. The first-order chi connectivity index (χ1) is 15.9. The Labute approximate surface area is 195 Å². The molecule has 0 bridgehead atoms. The predicted octanol–water partition coefficient (Wildman–Crippen LogP) is 7.79. The van der Waals surface area contributed by atoms with Crippen LogP contribution < -0.4 is 0 Å². The second-order valence-corrected chi connectivity index (χ2v) is 8.27. The van der Waals surface area contributed by atoms with E-state index in [2.05, 4.69) is 11.8 Å². The zero-order valence-electron chi connectivity index (χ0n) is 18.2. The van der Waals surface area contributed by atoms with Crippen LogP contribution in [0.5, 0.6) is 0 Å². The predicted molar refractivity (Wildman–Crippen MR) is 124 cm³/mol. The summed E-state index contributed by atoms with van der Waals surface area (Å²) in [7, 11) is 0. The number of rotatable bonds is 6. The number of nitriles is 1. The van der Waals surface area contributed by atoms with Crippen molar-refractivity contribution in [2.24, 2.45) is 0 Å². The van der Waals surface area contributed by atoms with Gasteiger partial charge in [-0.2, -0.15) is 5.26 Å². The van der Waals surface area contributed by atoms with E-state index in [0.29, 0.717) is 46.9 Å². The molecule has 0 aromatic heterocycles. The van der Waals surface area contributed by atoms with Gasteiger partial charge in [0.15, 0.2) is 0 Å². The molecule has 0 aliphatic carbocycles. The first-order valence-electron chi connectivity index (χ1n) is 10.6. The Morgan fingerprint density at radius 3 is 2.06 bits per heavy atom. The maximum Gasteiger partial charge on any atom is 0.142 e. The number of thiocyanates is 1. The van der Waals surface area contributed by atoms with Crippen molar-refractivity contribution in [3.63, 3.8) is 0 Å². The minimum Gasteiger partial charge on any atom is -0.206 e. The Morgan fingerprint density at radius 2 is 1.48 bits per heavy atom. The average molecular weight is 468 g/mol. The summed E-state index contributed by atoms with van der Waals surface area (Å²) in [5.41, 5.74) is 2.57. The molecule has 168 valence electrons. The molecular formula is C27H21F4NS. The van der Waals surface area contributed by atoms with Gasteiger partial charge in [-0.05, 0) is 89.7 Å². The van der Waals surface area contributed by atoms with Crippen LogP contribution in [0.25, 0.3) is 11.1 Å². The molecule has 0 unspecified atom stereocenters. The highest BCUT2D eigenvalue weighted by Gasteiger charge is 2.14. The van der Waals surface area contributed by atoms with Gasteiger partial charge in [0.2, 0.25) is 0 Å². The lowest BCUT2D eigenvalue weighted by atomic mass is 9.97. The van der Waals surface area contributed by atoms with E-state index in [-0.39, 0.29) is 10.5 Å². The van der Waals surface area contributed by atoms with Crippen LogP contribution in [0, 0.1) is 45.8 Å². The van der Waals surface area contributed by atoms with Gasteiger partial charge in [-0.25, -0.2) is 17.6 Å². The highest BCUT2D eigenvalue weighted by atomic mass is 32.2. The molecule has 0 radical (unpaired) electrons. The summed E-state index contributed by atoms with van der Waals surface area (Å²) in [6.45, 7) is 3.90. The second-order valence-electron chi connectivity index (χ2n) is 7.48. The average Bonchev–Trinajstić information content (AvgIpc) is 2.79. The molecule has 6 heteroatoms. The molecule has 0 atom stereocenters. The lowest BCUT2D eigenvalue weighted by molar-refractivity contribution is 0.542. The Bertz CT molecular complexity index is 1240. The SMILES string of the molecule is CCCCc1cc(F)c(C#Cc2ccc(-c3cc(F)c(SC#N)c(F)c3)cc2CC)c(F)c1. The van der Waals surface area contributed by atoms with Gasteiger partial charge in [0.05, 0.1) is 10.5 Å². The number of aryl methyl sites for hydroxylation is 2. The van der Waals surface area contributed by atoms with Crippen molar-refractivity contribution >= 4 is 11.8 Å². The normalized spacial score (nSPS) is 10.5. The quantitative estimate of drug-likeness (QED) is 0.160. The Balaban J connectivity index is 1.95. The minimum atomic E-state index is -0.813. The van der Waals surface area contributed by atoms with Crippen LogP contribution in [-0.4, -0.2) is 0 Å². The molecule has 0 heterocycles. The monoisotopic (exact) mass is 467 g/mol. The molecule has 0 aliphatic heterocycles. The summed E-state index contributed by atoms with van der Waals surface area (Å²) < 4.78 is 57.3. The van der Waals surface area contributed by atoms with Crippen molar-refractivity contribution in [1.29, 1.82) is 5.26 Å². The standard InChI is InChI=1S/C27H21F4NS/c1-3-5-6-17-11-23(28)22(24(29)12-17)10-9-19-7-8-20(13-18(19)4-2)21-14-25(30)27(33-16-32)26(31)15-21/h7-8,11-15H,3-6H2,1-2H3. The third-order valence-corrected chi connectivity index (χ3v) is 5.89. The highest BCUT2D eigenvalue weighted by molar-refractivity contribution is 8.03. The van der Waals surface area contributed by atoms with Gasteiger partial charge < -0.3 is 0 Å². The minimum absolute atomic E-state index is 0.281. The number of halogens is 4. The number of unbranched alkanes of at least 4 members (excludes halogenated alkanes) is 1. The molecule has 33 heavy (non-hydrogen) atoms. The highest BCUT2D eigenvalue weighted by Crippen LogP contribution is 2.31. The Morgan fingerprint density at radius 1 is 0.818 bits per heavy atom. The van der Waals surface area contributed by atoms with Crippen LogP contribution >= 0.6 is 11.8 Å². The van der Waals surface area contributed by atoms with Crippen LogP contribution in [-0.2, 0) is 12.8 Å². The van der Waals surface area contributed by atoms with Gasteiger partial charge in [0.1, 0.15) is 28.7 Å². The summed E-state index contributed by atoms with van der Waals surface area (Å²) >= 11 is 0.430. The summed E-state index contributed by atoms with van der Waals surface area (Å²) in [5.74, 6) is 2.43. The largest absolute Gasteiger partial charge is 0.206 e. The van der Waals surface area contributed by atoms with Crippen molar-refractivity contribution in [3.05, 3.63) is 88.0 Å². The maximum absolute atomic E-state index is 14.4. The van der Waals surface area contributed by atoms with E-state index in [1.165, 1.54) is 24.3 Å². The van der Waals surface area contributed by atoms with Crippen molar-refractivity contribution < 1.29 is 17.6 Å². The Hall–Kier alpha value is -3.22. The molecule has 1 nitrogen and oxygen atoms in total. The molecule has 3 aromatic rings. The van der Waals surface area contributed by atoms with E-state index in [0.717, 1.165) is 18.4 Å². The zero-order chi connectivity index (χ0) is 24.0. The fraction of sp³-hybridized carbons (Fsp3) is 0.222. The summed E-state index contributed by atoms with van der Waals surface area (Å²) in [4.78, 5) is -0.343. The van der Waals surface area contributed by atoms with Crippen LogP contribution in [0.3, 0.4) is 0 Å². The van der Waals surface area contributed by atoms with E-state index >= 15 is 0 Å². The number of nitrogens with zero attached hydrogens (tertiary/aromatic N) is 1. The molecule has 3 rings (SSSR count). The fourth-order valence-electron chi connectivity index (χ4n) is 3.46.